The van der Waals surface area contributed by atoms with E-state index in [2.05, 4.69) is 4.99 Å². The highest BCUT2D eigenvalue weighted by Crippen LogP contribution is 2.40. The fourth-order valence-electron chi connectivity index (χ4n) is 2.62. The summed E-state index contributed by atoms with van der Waals surface area (Å²) in [4.78, 5) is 31.7. The Bertz CT molecular complexity index is 1030. The van der Waals surface area contributed by atoms with Gasteiger partial charge in [-0.25, -0.2) is 9.79 Å². The van der Waals surface area contributed by atoms with Gasteiger partial charge < -0.3 is 9.84 Å². The van der Waals surface area contributed by atoms with E-state index in [1.807, 2.05) is 38.1 Å². The van der Waals surface area contributed by atoms with Crippen molar-refractivity contribution in [1.82, 2.24) is 0 Å². The summed E-state index contributed by atoms with van der Waals surface area (Å²) < 4.78 is 5.05. The van der Waals surface area contributed by atoms with E-state index in [4.69, 9.17) is 4.74 Å². The molecule has 1 aliphatic rings. The molecule has 1 aromatic heterocycles. The number of ether oxygens (including phenoxy) is 1. The number of esters is 1. The molecule has 0 radical (unpaired) electrons. The molecule has 0 fully saturated rings. The standard InChI is InChI=1S/C21H19NO4S2/c1-4-26-21(25)17-18(23)16(11-14-10-9-13(3)27-14)28-20(17)22-19(24)15-8-6-5-7-12(15)2/h5-11,23H,4H2,1-3H3/b16-11-,22-20?. The van der Waals surface area contributed by atoms with E-state index in [1.165, 1.54) is 0 Å². The second-order valence-corrected chi connectivity index (χ2v) is 8.39. The van der Waals surface area contributed by atoms with E-state index in [0.717, 1.165) is 27.1 Å². The highest BCUT2D eigenvalue weighted by Gasteiger charge is 2.34. The maximum Gasteiger partial charge on any atom is 0.344 e. The summed E-state index contributed by atoms with van der Waals surface area (Å²) in [6.07, 6.45) is 1.78. The van der Waals surface area contributed by atoms with Crippen LogP contribution in [0, 0.1) is 13.8 Å². The Morgan fingerprint density at radius 1 is 1.18 bits per heavy atom. The van der Waals surface area contributed by atoms with Gasteiger partial charge in [0, 0.05) is 15.3 Å². The molecule has 7 heteroatoms. The number of hydrogen-bond acceptors (Lipinski definition) is 6. The summed E-state index contributed by atoms with van der Waals surface area (Å²) in [6.45, 7) is 5.64. The molecule has 0 aliphatic carbocycles. The number of aryl methyl sites for hydroxylation is 2. The molecule has 3 rings (SSSR count). The molecule has 28 heavy (non-hydrogen) atoms. The minimum atomic E-state index is -0.699. The van der Waals surface area contributed by atoms with E-state index >= 15 is 0 Å². The normalized spacial score (nSPS) is 16.8. The number of thiophene rings is 1. The fourth-order valence-corrected chi connectivity index (χ4v) is 4.52. The summed E-state index contributed by atoms with van der Waals surface area (Å²) >= 11 is 2.65. The number of hydrogen-bond donors (Lipinski definition) is 1. The number of amides is 1. The molecular weight excluding hydrogens is 394 g/mol. The fraction of sp³-hybridized carbons (Fsp3) is 0.190. The van der Waals surface area contributed by atoms with Crippen LogP contribution in [0.15, 0.2) is 57.6 Å². The second-order valence-electron chi connectivity index (χ2n) is 6.04. The average molecular weight is 414 g/mol. The minimum absolute atomic E-state index is 0.0756. The van der Waals surface area contributed by atoms with E-state index in [9.17, 15) is 14.7 Å². The van der Waals surface area contributed by atoms with Gasteiger partial charge >= 0.3 is 5.97 Å². The highest BCUT2D eigenvalue weighted by atomic mass is 32.2. The first-order valence-corrected chi connectivity index (χ1v) is 10.3. The van der Waals surface area contributed by atoms with Gasteiger partial charge in [-0.2, -0.15) is 0 Å². The van der Waals surface area contributed by atoms with Crippen LogP contribution < -0.4 is 0 Å². The van der Waals surface area contributed by atoms with Crippen molar-refractivity contribution in [2.45, 2.75) is 20.8 Å². The van der Waals surface area contributed by atoms with Crippen molar-refractivity contribution in [1.29, 1.82) is 0 Å². The molecule has 0 spiro atoms. The number of aliphatic hydroxyl groups excluding tert-OH is 1. The SMILES string of the molecule is CCOC(=O)C1=C(O)/C(=C/c2ccc(C)s2)SC1=NC(=O)c1ccccc1C. The zero-order valence-corrected chi connectivity index (χ0v) is 17.3. The summed E-state index contributed by atoms with van der Waals surface area (Å²) in [5.74, 6) is -1.39. The Morgan fingerprint density at radius 3 is 2.57 bits per heavy atom. The second kappa shape index (κ2) is 8.58. The largest absolute Gasteiger partial charge is 0.506 e. The maximum absolute atomic E-state index is 12.6. The van der Waals surface area contributed by atoms with Crippen LogP contribution in [0.4, 0.5) is 0 Å². The van der Waals surface area contributed by atoms with Crippen LogP contribution in [0.1, 0.15) is 32.6 Å². The third-order valence-corrected chi connectivity index (χ3v) is 5.95. The van der Waals surface area contributed by atoms with Crippen molar-refractivity contribution in [3.8, 4) is 0 Å². The number of rotatable bonds is 4. The third-order valence-electron chi connectivity index (χ3n) is 3.98. The molecule has 0 saturated carbocycles. The Morgan fingerprint density at radius 2 is 1.93 bits per heavy atom. The molecule has 0 atom stereocenters. The highest BCUT2D eigenvalue weighted by molar-refractivity contribution is 8.18. The van der Waals surface area contributed by atoms with Crippen LogP contribution in [0.25, 0.3) is 6.08 Å². The van der Waals surface area contributed by atoms with E-state index in [0.29, 0.717) is 10.5 Å². The van der Waals surface area contributed by atoms with E-state index in [-0.39, 0.29) is 23.0 Å². The lowest BCUT2D eigenvalue weighted by Crippen LogP contribution is -2.14. The predicted molar refractivity (Wildman–Crippen MR) is 114 cm³/mol. The van der Waals surface area contributed by atoms with Gasteiger partial charge in [0.1, 0.15) is 16.4 Å². The van der Waals surface area contributed by atoms with Crippen LogP contribution in [0.3, 0.4) is 0 Å². The van der Waals surface area contributed by atoms with Crippen LogP contribution in [-0.2, 0) is 9.53 Å². The van der Waals surface area contributed by atoms with Gasteiger partial charge in [-0.1, -0.05) is 30.0 Å². The van der Waals surface area contributed by atoms with Crippen molar-refractivity contribution in [3.63, 3.8) is 0 Å². The monoisotopic (exact) mass is 413 g/mol. The molecule has 0 bridgehead atoms. The zero-order valence-electron chi connectivity index (χ0n) is 15.7. The number of carbonyl (C=O) groups is 2. The number of thioether (sulfide) groups is 1. The molecule has 1 amide bonds. The van der Waals surface area contributed by atoms with Gasteiger partial charge in [0.15, 0.2) is 0 Å². The van der Waals surface area contributed by atoms with Gasteiger partial charge in [0.05, 0.1) is 11.5 Å². The topological polar surface area (TPSA) is 76.0 Å². The zero-order chi connectivity index (χ0) is 20.3. The lowest BCUT2D eigenvalue weighted by Gasteiger charge is -2.04. The van der Waals surface area contributed by atoms with Crippen molar-refractivity contribution in [2.75, 3.05) is 6.61 Å². The van der Waals surface area contributed by atoms with Gasteiger partial charge in [-0.15, -0.1) is 11.3 Å². The van der Waals surface area contributed by atoms with Crippen LogP contribution >= 0.6 is 23.1 Å². The van der Waals surface area contributed by atoms with Crippen molar-refractivity contribution in [3.05, 3.63) is 73.5 Å². The van der Waals surface area contributed by atoms with Crippen molar-refractivity contribution >= 4 is 46.1 Å². The molecule has 2 heterocycles. The van der Waals surface area contributed by atoms with E-state index in [1.54, 1.807) is 36.5 Å². The first kappa shape index (κ1) is 20.1. The summed E-state index contributed by atoms with van der Waals surface area (Å²) in [5.41, 5.74) is 1.16. The number of nitrogens with zero attached hydrogens (tertiary/aromatic N) is 1. The average Bonchev–Trinajstić information content (AvgIpc) is 3.19. The Balaban J connectivity index is 2.02. The first-order valence-electron chi connectivity index (χ1n) is 8.66. The molecular formula is C21H19NO4S2. The summed E-state index contributed by atoms with van der Waals surface area (Å²) in [6, 6.07) is 11.0. The van der Waals surface area contributed by atoms with Gasteiger partial charge in [-0.3, -0.25) is 4.79 Å². The Hall–Kier alpha value is -2.64. The lowest BCUT2D eigenvalue weighted by molar-refractivity contribution is -0.138. The van der Waals surface area contributed by atoms with Gasteiger partial charge in [-0.05, 0) is 50.6 Å². The number of aliphatic hydroxyl groups is 1. The number of carbonyl (C=O) groups excluding carboxylic acids is 2. The molecule has 5 nitrogen and oxygen atoms in total. The third kappa shape index (κ3) is 4.26. The summed E-state index contributed by atoms with van der Waals surface area (Å²) in [5, 5.41) is 10.8. The van der Waals surface area contributed by atoms with Crippen molar-refractivity contribution in [2.24, 2.45) is 4.99 Å². The molecule has 1 aliphatic heterocycles. The number of aliphatic imine (C=N–C) groups is 1. The maximum atomic E-state index is 12.6. The molecule has 0 saturated heterocycles. The van der Waals surface area contributed by atoms with Crippen LogP contribution in [0.5, 0.6) is 0 Å². The predicted octanol–water partition coefficient (Wildman–Crippen LogP) is 5.07. The molecule has 2 aromatic rings. The van der Waals surface area contributed by atoms with Gasteiger partial charge in [0.25, 0.3) is 5.91 Å². The lowest BCUT2D eigenvalue weighted by atomic mass is 10.1. The number of benzene rings is 1. The quantitative estimate of drug-likeness (QED) is 0.709. The van der Waals surface area contributed by atoms with E-state index < -0.39 is 11.9 Å². The molecule has 1 N–H and O–H groups in total. The Kier molecular flexibility index (Phi) is 6.16. The first-order chi connectivity index (χ1) is 13.4. The molecule has 1 aromatic carbocycles. The Labute approximate surface area is 171 Å². The molecule has 0 unspecified atom stereocenters. The minimum Gasteiger partial charge on any atom is -0.506 e. The van der Waals surface area contributed by atoms with Crippen LogP contribution in [0.2, 0.25) is 0 Å². The smallest absolute Gasteiger partial charge is 0.344 e. The van der Waals surface area contributed by atoms with Crippen LogP contribution in [-0.4, -0.2) is 28.6 Å². The van der Waals surface area contributed by atoms with Gasteiger partial charge in [0.2, 0.25) is 0 Å². The molecule has 144 valence electrons. The summed E-state index contributed by atoms with van der Waals surface area (Å²) in [7, 11) is 0. The van der Waals surface area contributed by atoms with Crippen molar-refractivity contribution < 1.29 is 19.4 Å².